The average molecular weight is 355 g/mol. The Bertz CT molecular complexity index is 544. The fourth-order valence-corrected chi connectivity index (χ4v) is 5.05. The molecule has 0 aliphatic heterocycles. The lowest BCUT2D eigenvalue weighted by Gasteiger charge is -2.01. The lowest BCUT2D eigenvalue weighted by Crippen LogP contribution is -3.62. The van der Waals surface area contributed by atoms with Crippen LogP contribution in [0.3, 0.4) is 0 Å². The van der Waals surface area contributed by atoms with Gasteiger partial charge in [-0.25, -0.2) is 4.39 Å². The van der Waals surface area contributed by atoms with Gasteiger partial charge in [0.25, 0.3) is 0 Å². The molecule has 0 radical (unpaired) electrons. The van der Waals surface area contributed by atoms with Crippen LogP contribution in [0.2, 0.25) is 0 Å². The third-order valence-corrected chi connectivity index (χ3v) is 6.28. The minimum absolute atomic E-state index is 0.118. The Morgan fingerprint density at radius 3 is 1.89 bits per heavy atom. The third kappa shape index (κ3) is 3.10. The van der Waals surface area contributed by atoms with Gasteiger partial charge >= 0.3 is 21.2 Å². The molecule has 0 bridgehead atoms. The lowest BCUT2D eigenvalue weighted by atomic mass is 10.1. The molecule has 94 valence electrons. The Labute approximate surface area is 118 Å². The second kappa shape index (κ2) is 5.39. The Morgan fingerprint density at radius 1 is 0.778 bits per heavy atom. The van der Waals surface area contributed by atoms with Gasteiger partial charge in [0.2, 0.25) is 0 Å². The van der Waals surface area contributed by atoms with Crippen LogP contribution < -0.4 is 21.2 Å². The smallest absolute Gasteiger partial charge is 0.207 e. The molecule has 0 atom stereocenters. The molecule has 0 fully saturated rings. The van der Waals surface area contributed by atoms with Gasteiger partial charge in [-0.15, -0.1) is 0 Å². The summed E-state index contributed by atoms with van der Waals surface area (Å²) in [6.07, 6.45) is 0. The lowest BCUT2D eigenvalue weighted by molar-refractivity contribution is -0.599. The normalized spacial score (nSPS) is 10.7. The Balaban J connectivity index is 2.40. The van der Waals surface area contributed by atoms with Crippen molar-refractivity contribution in [2.45, 2.75) is 27.7 Å². The van der Waals surface area contributed by atoms with Gasteiger partial charge in [-0.2, -0.15) is 0 Å². The Hall–Kier alpha value is -0.900. The number of hydrogen-bond acceptors (Lipinski definition) is 0. The predicted molar refractivity (Wildman–Crippen MR) is 69.2 cm³/mol. The predicted octanol–water partition coefficient (Wildman–Crippen LogP) is 1.19. The largest absolute Gasteiger partial charge is 0.358 e. The van der Waals surface area contributed by atoms with Crippen LogP contribution in [0, 0.1) is 40.7 Å². The second-order valence-corrected chi connectivity index (χ2v) is 7.62. The van der Waals surface area contributed by atoms with E-state index in [0.717, 1.165) is 9.13 Å². The minimum atomic E-state index is -0.301. The number of rotatable bonds is 2. The van der Waals surface area contributed by atoms with Crippen molar-refractivity contribution < 1.29 is 25.6 Å². The van der Waals surface area contributed by atoms with Crippen LogP contribution in [0.4, 0.5) is 4.39 Å². The van der Waals surface area contributed by atoms with Crippen LogP contribution in [0.1, 0.15) is 22.3 Å². The summed E-state index contributed by atoms with van der Waals surface area (Å²) >= 11 is -0.301. The summed E-state index contributed by atoms with van der Waals surface area (Å²) in [5.74, 6) is -0.118. The third-order valence-electron chi connectivity index (χ3n) is 2.79. The van der Waals surface area contributed by atoms with Gasteiger partial charge in [0.15, 0.2) is 7.14 Å². The molecular weight excluding hydrogens is 338 g/mol. The van der Waals surface area contributed by atoms with Crippen molar-refractivity contribution in [2.24, 2.45) is 0 Å². The number of benzene rings is 2. The van der Waals surface area contributed by atoms with Gasteiger partial charge < -0.3 is 0 Å². The van der Waals surface area contributed by atoms with Gasteiger partial charge in [-0.1, -0.05) is 17.7 Å². The fraction of sp³-hybridized carbons (Fsp3) is 0.250. The first-order valence-electron chi connectivity index (χ1n) is 5.95. The number of aryl methyl sites for hydroxylation is 4. The summed E-state index contributed by atoms with van der Waals surface area (Å²) in [5, 5.41) is 0. The van der Waals surface area contributed by atoms with Gasteiger partial charge in [0.05, 0.1) is 0 Å². The standard InChI is InChI=1S/C16H17FI/c1-10-5-12(3)16(13(4)6-10)18-15-8-11(2)7-14(17)9-15/h5-9H,1-4H3/q+1. The van der Waals surface area contributed by atoms with E-state index in [1.54, 1.807) is 12.1 Å². The Kier molecular flexibility index (Phi) is 4.05. The summed E-state index contributed by atoms with van der Waals surface area (Å²) in [6, 6.07) is 9.80. The van der Waals surface area contributed by atoms with Gasteiger partial charge in [0, 0.05) is 17.2 Å². The molecule has 0 spiro atoms. The van der Waals surface area contributed by atoms with E-state index in [0.29, 0.717) is 0 Å². The van der Waals surface area contributed by atoms with Gasteiger partial charge in [0.1, 0.15) is 5.82 Å². The molecule has 0 aliphatic rings. The molecule has 0 saturated heterocycles. The first kappa shape index (κ1) is 13.5. The maximum Gasteiger partial charge on any atom is 0.358 e. The molecule has 2 heteroatoms. The summed E-state index contributed by atoms with van der Waals surface area (Å²) < 4.78 is 16.0. The van der Waals surface area contributed by atoms with Crippen molar-refractivity contribution >= 4 is 0 Å². The topological polar surface area (TPSA) is 0 Å². The fourth-order valence-electron chi connectivity index (χ4n) is 2.17. The highest BCUT2D eigenvalue weighted by Crippen LogP contribution is 2.08. The molecule has 0 saturated carbocycles. The summed E-state index contributed by atoms with van der Waals surface area (Å²) in [6.45, 7) is 8.38. The van der Waals surface area contributed by atoms with Crippen LogP contribution in [0.25, 0.3) is 0 Å². The second-order valence-electron chi connectivity index (χ2n) is 4.75. The first-order valence-corrected chi connectivity index (χ1v) is 8.11. The molecule has 0 aromatic heterocycles. The summed E-state index contributed by atoms with van der Waals surface area (Å²) in [5.41, 5.74) is 4.98. The molecule has 0 N–H and O–H groups in total. The van der Waals surface area contributed by atoms with Crippen LogP contribution in [0.5, 0.6) is 0 Å². The zero-order valence-corrected chi connectivity index (χ0v) is 13.3. The molecule has 0 unspecified atom stereocenters. The van der Waals surface area contributed by atoms with E-state index in [-0.39, 0.29) is 27.0 Å². The minimum Gasteiger partial charge on any atom is -0.207 e. The van der Waals surface area contributed by atoms with Crippen molar-refractivity contribution in [1.29, 1.82) is 0 Å². The van der Waals surface area contributed by atoms with E-state index in [1.165, 1.54) is 20.3 Å². The van der Waals surface area contributed by atoms with Crippen molar-refractivity contribution in [3.63, 3.8) is 0 Å². The molecule has 0 heterocycles. The maximum atomic E-state index is 13.4. The van der Waals surface area contributed by atoms with Crippen molar-refractivity contribution in [3.8, 4) is 0 Å². The highest BCUT2D eigenvalue weighted by molar-refractivity contribution is 5.27. The molecule has 0 aliphatic carbocycles. The van der Waals surface area contributed by atoms with Crippen LogP contribution in [0.15, 0.2) is 30.3 Å². The monoisotopic (exact) mass is 355 g/mol. The number of halogens is 2. The van der Waals surface area contributed by atoms with Crippen molar-refractivity contribution in [1.82, 2.24) is 0 Å². The van der Waals surface area contributed by atoms with Crippen LogP contribution in [-0.4, -0.2) is 0 Å². The maximum absolute atomic E-state index is 13.4. The van der Waals surface area contributed by atoms with E-state index in [9.17, 15) is 4.39 Å². The van der Waals surface area contributed by atoms with Gasteiger partial charge in [-0.05, 0) is 45.4 Å². The summed E-state index contributed by atoms with van der Waals surface area (Å²) in [4.78, 5) is 0. The molecule has 0 amide bonds. The first-order chi connectivity index (χ1) is 8.45. The molecule has 2 rings (SSSR count). The highest BCUT2D eigenvalue weighted by atomic mass is 127. The van der Waals surface area contributed by atoms with Crippen molar-refractivity contribution in [3.05, 3.63) is 65.5 Å². The van der Waals surface area contributed by atoms with Crippen molar-refractivity contribution in [2.75, 3.05) is 0 Å². The zero-order chi connectivity index (χ0) is 13.3. The summed E-state index contributed by atoms with van der Waals surface area (Å²) in [7, 11) is 0. The van der Waals surface area contributed by atoms with Crippen LogP contribution >= 0.6 is 0 Å². The van der Waals surface area contributed by atoms with E-state index in [2.05, 4.69) is 39.0 Å². The van der Waals surface area contributed by atoms with Gasteiger partial charge in [-0.3, -0.25) is 0 Å². The highest BCUT2D eigenvalue weighted by Gasteiger charge is 2.22. The molecule has 0 nitrogen and oxygen atoms in total. The quantitative estimate of drug-likeness (QED) is 0.710. The zero-order valence-electron chi connectivity index (χ0n) is 11.1. The number of hydrogen-bond donors (Lipinski definition) is 0. The SMILES string of the molecule is Cc1cc(F)cc([I+]c2c(C)cc(C)cc2C)c1. The van der Waals surface area contributed by atoms with E-state index in [1.807, 2.05) is 6.92 Å². The van der Waals surface area contributed by atoms with E-state index in [4.69, 9.17) is 0 Å². The molecule has 18 heavy (non-hydrogen) atoms. The Morgan fingerprint density at radius 2 is 1.33 bits per heavy atom. The van der Waals surface area contributed by atoms with E-state index >= 15 is 0 Å². The van der Waals surface area contributed by atoms with Crippen LogP contribution in [-0.2, 0) is 0 Å². The molecule has 2 aromatic carbocycles. The molecule has 2 aromatic rings. The molecular formula is C16H17FI+. The average Bonchev–Trinajstić information content (AvgIpc) is 2.22. The van der Waals surface area contributed by atoms with E-state index < -0.39 is 0 Å².